The normalized spacial score (nSPS) is 17.8. The molecule has 0 fully saturated rings. The molecule has 5 nitrogen and oxygen atoms in total. The molecule has 0 saturated heterocycles. The largest absolute Gasteiger partial charge is 0.476 e. The van der Waals surface area contributed by atoms with Gasteiger partial charge in [-0.05, 0) is 43.2 Å². The van der Waals surface area contributed by atoms with Crippen molar-refractivity contribution in [3.05, 3.63) is 60.6 Å². The van der Waals surface area contributed by atoms with Crippen LogP contribution in [0.1, 0.15) is 52.4 Å². The Morgan fingerprint density at radius 1 is 1.15 bits per heavy atom. The van der Waals surface area contributed by atoms with E-state index in [0.29, 0.717) is 16.9 Å². The number of carboxylic acid groups (broad SMARTS) is 1. The minimum atomic E-state index is -1.69. The number of hydrogen-bond acceptors (Lipinski definition) is 4. The summed E-state index contributed by atoms with van der Waals surface area (Å²) in [5.41, 5.74) is 1.77. The fraction of sp³-hybridized carbons (Fsp3) is 0.423. The van der Waals surface area contributed by atoms with E-state index in [1.165, 1.54) is 0 Å². The van der Waals surface area contributed by atoms with Crippen LogP contribution in [0.25, 0.3) is 0 Å². The first-order valence-electron chi connectivity index (χ1n) is 11.5. The fourth-order valence-corrected chi connectivity index (χ4v) is 6.09. The van der Waals surface area contributed by atoms with Gasteiger partial charge in [0.05, 0.1) is 21.4 Å². The zero-order valence-electron chi connectivity index (χ0n) is 19.3. The highest BCUT2D eigenvalue weighted by molar-refractivity contribution is 7.85. The van der Waals surface area contributed by atoms with Crippen LogP contribution in [0, 0.1) is 5.41 Å². The molecule has 1 unspecified atom stereocenters. The van der Waals surface area contributed by atoms with Gasteiger partial charge in [-0.2, -0.15) is 4.39 Å². The third-order valence-electron chi connectivity index (χ3n) is 6.09. The van der Waals surface area contributed by atoms with Gasteiger partial charge in [-0.15, -0.1) is 0 Å². The summed E-state index contributed by atoms with van der Waals surface area (Å²) in [4.78, 5) is 13.6. The van der Waals surface area contributed by atoms with Gasteiger partial charge in [0, 0.05) is 23.4 Å². The van der Waals surface area contributed by atoms with E-state index in [-0.39, 0.29) is 11.2 Å². The van der Waals surface area contributed by atoms with E-state index in [9.17, 15) is 13.4 Å². The van der Waals surface area contributed by atoms with Crippen LogP contribution >= 0.6 is 0 Å². The minimum Gasteiger partial charge on any atom is -0.476 e. The second kappa shape index (κ2) is 11.5. The van der Waals surface area contributed by atoms with Crippen LogP contribution in [0.3, 0.4) is 0 Å². The van der Waals surface area contributed by atoms with Crippen LogP contribution in [-0.2, 0) is 15.6 Å². The molecule has 0 aromatic heterocycles. The molecule has 178 valence electrons. The first kappa shape index (κ1) is 25.0. The Bertz CT molecular complexity index is 1000. The summed E-state index contributed by atoms with van der Waals surface area (Å²) in [7, 11) is -1.29. The maximum Gasteiger partial charge on any atom is 0.368 e. The molecule has 1 heterocycles. The summed E-state index contributed by atoms with van der Waals surface area (Å²) in [5.74, 6) is -2.29. The van der Waals surface area contributed by atoms with E-state index in [1.54, 1.807) is 12.1 Å². The van der Waals surface area contributed by atoms with Gasteiger partial charge >= 0.3 is 5.97 Å². The molecule has 3 rings (SSSR count). The summed E-state index contributed by atoms with van der Waals surface area (Å²) >= 11 is 0. The van der Waals surface area contributed by atoms with Gasteiger partial charge in [-0.1, -0.05) is 57.7 Å². The second-order valence-corrected chi connectivity index (χ2v) is 10.1. The number of hydrogen-bond donors (Lipinski definition) is 1. The maximum absolute atomic E-state index is 13.7. The molecule has 1 atom stereocenters. The molecule has 2 aromatic rings. The number of anilines is 2. The molecule has 0 bridgehead atoms. The molecule has 7 heteroatoms. The first-order chi connectivity index (χ1) is 15.9. The number of carboxylic acids is 1. The molecule has 0 amide bonds. The summed E-state index contributed by atoms with van der Waals surface area (Å²) in [6, 6.07) is 15.2. The number of para-hydroxylation sites is 1. The quantitative estimate of drug-likeness (QED) is 0.312. The first-order valence-corrected chi connectivity index (χ1v) is 12.8. The van der Waals surface area contributed by atoms with Gasteiger partial charge in [0.1, 0.15) is 12.0 Å². The van der Waals surface area contributed by atoms with Crippen LogP contribution in [-0.4, -0.2) is 27.6 Å². The molecule has 2 aromatic carbocycles. The third kappa shape index (κ3) is 6.22. The van der Waals surface area contributed by atoms with E-state index < -0.39 is 22.6 Å². The average molecular weight is 474 g/mol. The van der Waals surface area contributed by atoms with Crippen molar-refractivity contribution in [2.24, 2.45) is 5.41 Å². The zero-order chi connectivity index (χ0) is 23.8. The molecule has 0 saturated carbocycles. The topological polar surface area (TPSA) is 66.8 Å². The molecule has 1 aliphatic rings. The van der Waals surface area contributed by atoms with Crippen molar-refractivity contribution in [1.82, 2.24) is 0 Å². The van der Waals surface area contributed by atoms with Crippen LogP contribution in [0.2, 0.25) is 0 Å². The zero-order valence-corrected chi connectivity index (χ0v) is 20.1. The summed E-state index contributed by atoms with van der Waals surface area (Å²) < 4.78 is 32.3. The van der Waals surface area contributed by atoms with Crippen LogP contribution in [0.4, 0.5) is 15.8 Å². The van der Waals surface area contributed by atoms with Crippen molar-refractivity contribution in [2.75, 3.05) is 17.2 Å². The molecule has 33 heavy (non-hydrogen) atoms. The van der Waals surface area contributed by atoms with Crippen LogP contribution < -0.4 is 9.64 Å². The van der Waals surface area contributed by atoms with Crippen LogP contribution in [0.5, 0.6) is 5.75 Å². The molecule has 0 radical (unpaired) electrons. The van der Waals surface area contributed by atoms with Gasteiger partial charge in [-0.3, -0.25) is 4.21 Å². The Labute approximate surface area is 197 Å². The highest BCUT2D eigenvalue weighted by Crippen LogP contribution is 2.44. The number of unbranched alkanes of at least 4 members (excludes halogenated alkanes) is 2. The van der Waals surface area contributed by atoms with Crippen molar-refractivity contribution in [1.29, 1.82) is 0 Å². The second-order valence-electron chi connectivity index (χ2n) is 8.64. The molecular formula is C26H32FNO4S. The molecule has 0 aliphatic carbocycles. The standard InChI is InChI=1S/C26H32FNO4S/c1-3-5-14-26(15-6-4-2)18-28(20-10-8-7-9-11-20)23-13-12-21(16-24(23)33(31)19-26)32-17-22(27)25(29)30/h7-13,16-17H,3-6,14-15,18-19H2,1-2H3,(H,29,30)/b22-17-. The Morgan fingerprint density at radius 3 is 2.42 bits per heavy atom. The SMILES string of the molecule is CCCCC1(CCCC)CN(c2ccccc2)c2ccc(O/C=C(\F)C(=O)O)cc2S(=O)C1. The van der Waals surface area contributed by atoms with Crippen LogP contribution in [0.15, 0.2) is 65.5 Å². The molecular weight excluding hydrogens is 441 g/mol. The molecule has 0 spiro atoms. The van der Waals surface area contributed by atoms with Crippen molar-refractivity contribution < 1.29 is 23.2 Å². The summed E-state index contributed by atoms with van der Waals surface area (Å²) in [5, 5.41) is 8.71. The Hall–Kier alpha value is -2.67. The number of halogens is 1. The van der Waals surface area contributed by atoms with E-state index in [1.807, 2.05) is 24.3 Å². The Morgan fingerprint density at radius 2 is 1.82 bits per heavy atom. The predicted molar refractivity (Wildman–Crippen MR) is 130 cm³/mol. The third-order valence-corrected chi connectivity index (χ3v) is 7.78. The van der Waals surface area contributed by atoms with Gasteiger partial charge in [-0.25, -0.2) is 4.79 Å². The van der Waals surface area contributed by atoms with Gasteiger partial charge in [0.25, 0.3) is 0 Å². The lowest BCUT2D eigenvalue weighted by Crippen LogP contribution is -2.37. The Kier molecular flexibility index (Phi) is 8.67. The number of nitrogens with zero attached hydrogens (tertiary/aromatic N) is 1. The predicted octanol–water partition coefficient (Wildman–Crippen LogP) is 6.59. The molecule has 1 aliphatic heterocycles. The smallest absolute Gasteiger partial charge is 0.368 e. The van der Waals surface area contributed by atoms with Crippen molar-refractivity contribution >= 4 is 28.1 Å². The maximum atomic E-state index is 13.7. The van der Waals surface area contributed by atoms with Gasteiger partial charge in [0.15, 0.2) is 0 Å². The van der Waals surface area contributed by atoms with E-state index >= 15 is 0 Å². The van der Waals surface area contributed by atoms with Gasteiger partial charge < -0.3 is 14.7 Å². The van der Waals surface area contributed by atoms with E-state index in [0.717, 1.165) is 56.4 Å². The number of carbonyl (C=O) groups is 1. The van der Waals surface area contributed by atoms with E-state index in [2.05, 4.69) is 30.9 Å². The number of benzene rings is 2. The lowest BCUT2D eigenvalue weighted by atomic mass is 9.79. The van der Waals surface area contributed by atoms with E-state index in [4.69, 9.17) is 9.84 Å². The number of rotatable bonds is 10. The van der Waals surface area contributed by atoms with Gasteiger partial charge in [0.2, 0.25) is 5.83 Å². The van der Waals surface area contributed by atoms with Crippen molar-refractivity contribution in [3.63, 3.8) is 0 Å². The minimum absolute atomic E-state index is 0.0952. The molecule has 1 N–H and O–H groups in total. The van der Waals surface area contributed by atoms with Crippen molar-refractivity contribution in [3.8, 4) is 5.75 Å². The fourth-order valence-electron chi connectivity index (χ4n) is 4.33. The average Bonchev–Trinajstić information content (AvgIpc) is 2.95. The van der Waals surface area contributed by atoms with Crippen molar-refractivity contribution in [2.45, 2.75) is 57.3 Å². The monoisotopic (exact) mass is 473 g/mol. The number of ether oxygens (including phenoxy) is 1. The number of aliphatic carboxylic acids is 1. The number of fused-ring (bicyclic) bond motifs is 1. The highest BCUT2D eigenvalue weighted by atomic mass is 32.2. The lowest BCUT2D eigenvalue weighted by molar-refractivity contribution is -0.134. The Balaban J connectivity index is 2.06. The lowest BCUT2D eigenvalue weighted by Gasteiger charge is -2.37. The summed E-state index contributed by atoms with van der Waals surface area (Å²) in [6.45, 7) is 5.13. The summed E-state index contributed by atoms with van der Waals surface area (Å²) in [6.07, 6.45) is 6.88. The highest BCUT2D eigenvalue weighted by Gasteiger charge is 2.38.